The summed E-state index contributed by atoms with van der Waals surface area (Å²) in [6.07, 6.45) is -1.04. The molecule has 0 N–H and O–H groups in total. The Labute approximate surface area is 110 Å². The molecule has 0 bridgehead atoms. The largest absolute Gasteiger partial charge is 0.473 e. The van der Waals surface area contributed by atoms with Gasteiger partial charge in [-0.2, -0.15) is 0 Å². The monoisotopic (exact) mass is 252 g/mol. The number of hydrogen-bond donors (Lipinski definition) is 0. The number of hydrogen-bond acceptors (Lipinski definition) is 3. The molecule has 2 aromatic carbocycles. The molecule has 3 nitrogen and oxygen atoms in total. The van der Waals surface area contributed by atoms with Crippen LogP contribution >= 0.6 is 0 Å². The van der Waals surface area contributed by atoms with Crippen molar-refractivity contribution >= 4 is 11.6 Å². The minimum absolute atomic E-state index is 0.257. The number of aryl methyl sites for hydroxylation is 1. The van der Waals surface area contributed by atoms with Crippen LogP contribution in [-0.2, 0) is 0 Å². The van der Waals surface area contributed by atoms with Crippen molar-refractivity contribution in [2.45, 2.75) is 13.0 Å². The maximum atomic E-state index is 12.3. The van der Waals surface area contributed by atoms with E-state index in [2.05, 4.69) is 0 Å². The fourth-order valence-corrected chi connectivity index (χ4v) is 2.19. The lowest BCUT2D eigenvalue weighted by atomic mass is 10.00. The Balaban J connectivity index is 1.94. The second kappa shape index (κ2) is 4.35. The van der Waals surface area contributed by atoms with Gasteiger partial charge in [-0.05, 0) is 19.1 Å². The summed E-state index contributed by atoms with van der Waals surface area (Å²) >= 11 is 0. The molecule has 0 fully saturated rings. The second-order valence-electron chi connectivity index (χ2n) is 4.59. The molecule has 1 heterocycles. The summed E-state index contributed by atoms with van der Waals surface area (Å²) in [5.74, 6) is -0.0584. The fraction of sp³-hybridized carbons (Fsp3) is 0.125. The summed E-state index contributed by atoms with van der Waals surface area (Å²) in [4.78, 5) is 24.5. The Morgan fingerprint density at radius 3 is 2.58 bits per heavy atom. The van der Waals surface area contributed by atoms with Crippen LogP contribution in [0.15, 0.2) is 48.5 Å². The SMILES string of the molecule is Cc1ccc2c(c1)C(=O)[C@@H](C(=O)c1ccccc1)O2. The molecule has 0 saturated carbocycles. The topological polar surface area (TPSA) is 43.4 Å². The summed E-state index contributed by atoms with van der Waals surface area (Å²) in [5, 5.41) is 0. The van der Waals surface area contributed by atoms with Crippen molar-refractivity contribution in [3.8, 4) is 5.75 Å². The van der Waals surface area contributed by atoms with Crippen LogP contribution in [0.3, 0.4) is 0 Å². The average molecular weight is 252 g/mol. The highest BCUT2D eigenvalue weighted by Gasteiger charge is 2.38. The van der Waals surface area contributed by atoms with E-state index in [-0.39, 0.29) is 11.6 Å². The second-order valence-corrected chi connectivity index (χ2v) is 4.59. The quantitative estimate of drug-likeness (QED) is 0.609. The van der Waals surface area contributed by atoms with Crippen LogP contribution in [0, 0.1) is 6.92 Å². The standard InChI is InChI=1S/C16H12O3/c1-10-7-8-13-12(9-10)15(18)16(19-13)14(17)11-5-3-2-4-6-11/h2-9,16H,1H3/t16-/m1/s1. The van der Waals surface area contributed by atoms with Gasteiger partial charge in [0.2, 0.25) is 17.7 Å². The lowest BCUT2D eigenvalue weighted by molar-refractivity contribution is 0.0720. The molecule has 0 aliphatic carbocycles. The summed E-state index contributed by atoms with van der Waals surface area (Å²) in [6, 6.07) is 14.1. The van der Waals surface area contributed by atoms with Crippen molar-refractivity contribution < 1.29 is 14.3 Å². The van der Waals surface area contributed by atoms with Crippen molar-refractivity contribution in [2.75, 3.05) is 0 Å². The van der Waals surface area contributed by atoms with E-state index in [0.717, 1.165) is 5.56 Å². The molecule has 0 unspecified atom stereocenters. The van der Waals surface area contributed by atoms with E-state index in [1.54, 1.807) is 36.4 Å². The van der Waals surface area contributed by atoms with Crippen LogP contribution in [-0.4, -0.2) is 17.7 Å². The molecule has 0 aromatic heterocycles. The van der Waals surface area contributed by atoms with Gasteiger partial charge in [-0.25, -0.2) is 0 Å². The number of carbonyl (C=O) groups excluding carboxylic acids is 2. The number of Topliss-reactive ketones (excluding diaryl/α,β-unsaturated/α-hetero) is 2. The first kappa shape index (κ1) is 11.7. The van der Waals surface area contributed by atoms with Crippen LogP contribution < -0.4 is 4.74 Å². The molecular formula is C16H12O3. The number of benzene rings is 2. The predicted molar refractivity (Wildman–Crippen MR) is 70.7 cm³/mol. The minimum Gasteiger partial charge on any atom is -0.473 e. The Hall–Kier alpha value is -2.42. The van der Waals surface area contributed by atoms with Crippen LogP contribution in [0.25, 0.3) is 0 Å². The average Bonchev–Trinajstić information content (AvgIpc) is 2.76. The number of fused-ring (bicyclic) bond motifs is 1. The molecule has 19 heavy (non-hydrogen) atoms. The van der Waals surface area contributed by atoms with E-state index in [0.29, 0.717) is 16.9 Å². The number of rotatable bonds is 2. The zero-order chi connectivity index (χ0) is 13.4. The van der Waals surface area contributed by atoms with E-state index >= 15 is 0 Å². The van der Waals surface area contributed by atoms with Gasteiger partial charge in [0.25, 0.3) is 0 Å². The molecule has 1 atom stereocenters. The molecule has 1 aliphatic heterocycles. The van der Waals surface area contributed by atoms with Crippen molar-refractivity contribution in [3.05, 3.63) is 65.2 Å². The van der Waals surface area contributed by atoms with Crippen molar-refractivity contribution in [1.29, 1.82) is 0 Å². The van der Waals surface area contributed by atoms with E-state index in [4.69, 9.17) is 4.74 Å². The molecule has 0 radical (unpaired) electrons. The van der Waals surface area contributed by atoms with Gasteiger partial charge < -0.3 is 4.74 Å². The maximum absolute atomic E-state index is 12.3. The zero-order valence-electron chi connectivity index (χ0n) is 10.4. The minimum atomic E-state index is -1.04. The molecule has 0 amide bonds. The molecule has 0 saturated heterocycles. The first-order chi connectivity index (χ1) is 9.16. The van der Waals surface area contributed by atoms with Gasteiger partial charge in [0, 0.05) is 5.56 Å². The maximum Gasteiger partial charge on any atom is 0.224 e. The Morgan fingerprint density at radius 2 is 1.84 bits per heavy atom. The molecule has 1 aliphatic rings. The number of ketones is 2. The van der Waals surface area contributed by atoms with Gasteiger partial charge in [-0.1, -0.05) is 42.0 Å². The van der Waals surface area contributed by atoms with Crippen LogP contribution in [0.2, 0.25) is 0 Å². The van der Waals surface area contributed by atoms with E-state index in [1.807, 2.05) is 19.1 Å². The molecular weight excluding hydrogens is 240 g/mol. The smallest absolute Gasteiger partial charge is 0.224 e. The van der Waals surface area contributed by atoms with E-state index in [9.17, 15) is 9.59 Å². The third kappa shape index (κ3) is 1.93. The molecule has 0 spiro atoms. The summed E-state index contributed by atoms with van der Waals surface area (Å²) in [5.41, 5.74) is 1.96. The van der Waals surface area contributed by atoms with Gasteiger partial charge in [0.05, 0.1) is 5.56 Å². The molecule has 3 heteroatoms. The summed E-state index contributed by atoms with van der Waals surface area (Å²) in [7, 11) is 0. The highest BCUT2D eigenvalue weighted by Crippen LogP contribution is 2.30. The van der Waals surface area contributed by atoms with Gasteiger partial charge in [-0.15, -0.1) is 0 Å². The Morgan fingerprint density at radius 1 is 1.11 bits per heavy atom. The normalized spacial score (nSPS) is 16.9. The van der Waals surface area contributed by atoms with Gasteiger partial charge >= 0.3 is 0 Å². The lowest BCUT2D eigenvalue weighted by Gasteiger charge is -2.07. The molecule has 94 valence electrons. The zero-order valence-corrected chi connectivity index (χ0v) is 10.4. The highest BCUT2D eigenvalue weighted by molar-refractivity contribution is 6.21. The highest BCUT2D eigenvalue weighted by atomic mass is 16.5. The van der Waals surface area contributed by atoms with Gasteiger partial charge in [-0.3, -0.25) is 9.59 Å². The third-order valence-corrected chi connectivity index (χ3v) is 3.18. The van der Waals surface area contributed by atoms with Gasteiger partial charge in [0.15, 0.2) is 0 Å². The lowest BCUT2D eigenvalue weighted by Crippen LogP contribution is -2.30. The number of carbonyl (C=O) groups is 2. The Bertz CT molecular complexity index is 659. The Kier molecular flexibility index (Phi) is 2.67. The van der Waals surface area contributed by atoms with Crippen LogP contribution in [0.1, 0.15) is 26.3 Å². The first-order valence-corrected chi connectivity index (χ1v) is 6.07. The van der Waals surface area contributed by atoms with Crippen molar-refractivity contribution in [1.82, 2.24) is 0 Å². The predicted octanol–water partition coefficient (Wildman–Crippen LogP) is 2.82. The number of ether oxygens (including phenoxy) is 1. The fourth-order valence-electron chi connectivity index (χ4n) is 2.19. The summed E-state index contributed by atoms with van der Waals surface area (Å²) < 4.78 is 5.49. The first-order valence-electron chi connectivity index (χ1n) is 6.07. The third-order valence-electron chi connectivity index (χ3n) is 3.18. The van der Waals surface area contributed by atoms with Crippen LogP contribution in [0.5, 0.6) is 5.75 Å². The van der Waals surface area contributed by atoms with E-state index < -0.39 is 6.10 Å². The molecule has 3 rings (SSSR count). The van der Waals surface area contributed by atoms with Crippen molar-refractivity contribution in [3.63, 3.8) is 0 Å². The van der Waals surface area contributed by atoms with Crippen molar-refractivity contribution in [2.24, 2.45) is 0 Å². The summed E-state index contributed by atoms with van der Waals surface area (Å²) in [6.45, 7) is 1.90. The van der Waals surface area contributed by atoms with Gasteiger partial charge in [0.1, 0.15) is 5.75 Å². The van der Waals surface area contributed by atoms with Crippen LogP contribution in [0.4, 0.5) is 0 Å². The van der Waals surface area contributed by atoms with E-state index in [1.165, 1.54) is 0 Å². The molecule has 2 aromatic rings.